The molecule has 6 nitrogen and oxygen atoms in total. The van der Waals surface area contributed by atoms with Gasteiger partial charge in [0.1, 0.15) is 5.69 Å². The molecule has 0 saturated heterocycles. The summed E-state index contributed by atoms with van der Waals surface area (Å²) in [7, 11) is 3.51. The highest BCUT2D eigenvalue weighted by atomic mass is 16.2. The Morgan fingerprint density at radius 3 is 2.41 bits per heavy atom. The zero-order chi connectivity index (χ0) is 20.4. The number of carbonyl (C=O) groups is 1. The molecule has 3 heterocycles. The molecule has 4 rings (SSSR count). The molecule has 0 aliphatic rings. The van der Waals surface area contributed by atoms with E-state index in [0.29, 0.717) is 22.8 Å². The van der Waals surface area contributed by atoms with Gasteiger partial charge in [0.25, 0.3) is 5.91 Å². The van der Waals surface area contributed by atoms with Crippen molar-refractivity contribution in [3.05, 3.63) is 72.2 Å². The van der Waals surface area contributed by atoms with Gasteiger partial charge in [0, 0.05) is 43.6 Å². The van der Waals surface area contributed by atoms with E-state index < -0.39 is 0 Å². The van der Waals surface area contributed by atoms with E-state index >= 15 is 0 Å². The standard InChI is InChI=1S/C23H21N5O/c1-4-15-8-9-19-17(11-15)18(23(29)28(2)3)12-21(27-19)16-13-25-22(26-14-16)20-7-5-6-10-24-20/h5-14H,4H2,1-3H3. The Kier molecular flexibility index (Phi) is 4.99. The normalized spacial score (nSPS) is 10.9. The lowest BCUT2D eigenvalue weighted by molar-refractivity contribution is 0.0829. The zero-order valence-corrected chi connectivity index (χ0v) is 16.6. The van der Waals surface area contributed by atoms with Gasteiger partial charge in [-0.05, 0) is 42.3 Å². The van der Waals surface area contributed by atoms with E-state index in [1.54, 1.807) is 37.6 Å². The molecule has 0 spiro atoms. The quantitative estimate of drug-likeness (QED) is 0.532. The second-order valence-electron chi connectivity index (χ2n) is 6.97. The van der Waals surface area contributed by atoms with Crippen molar-refractivity contribution in [3.8, 4) is 22.8 Å². The smallest absolute Gasteiger partial charge is 0.254 e. The predicted octanol–water partition coefficient (Wildman–Crippen LogP) is 4.02. The van der Waals surface area contributed by atoms with Crippen LogP contribution in [-0.4, -0.2) is 44.8 Å². The highest BCUT2D eigenvalue weighted by Gasteiger charge is 2.16. The number of nitrogens with zero attached hydrogens (tertiary/aromatic N) is 5. The van der Waals surface area contributed by atoms with Crippen LogP contribution in [0.5, 0.6) is 0 Å². The average molecular weight is 383 g/mol. The Bertz CT molecular complexity index is 1170. The second-order valence-corrected chi connectivity index (χ2v) is 6.97. The number of fused-ring (bicyclic) bond motifs is 1. The molecule has 3 aromatic heterocycles. The number of carbonyl (C=O) groups excluding carboxylic acids is 1. The minimum atomic E-state index is -0.0575. The molecule has 0 unspecified atom stereocenters. The van der Waals surface area contributed by atoms with Crippen molar-refractivity contribution < 1.29 is 4.79 Å². The van der Waals surface area contributed by atoms with Crippen molar-refractivity contribution in [2.45, 2.75) is 13.3 Å². The van der Waals surface area contributed by atoms with E-state index in [2.05, 4.69) is 21.9 Å². The molecular formula is C23H21N5O. The number of hydrogen-bond acceptors (Lipinski definition) is 5. The summed E-state index contributed by atoms with van der Waals surface area (Å²) < 4.78 is 0. The molecule has 0 saturated carbocycles. The summed E-state index contributed by atoms with van der Waals surface area (Å²) in [5.41, 5.74) is 4.69. The fourth-order valence-corrected chi connectivity index (χ4v) is 3.15. The molecule has 4 aromatic rings. The van der Waals surface area contributed by atoms with E-state index in [1.807, 2.05) is 42.5 Å². The van der Waals surface area contributed by atoms with Gasteiger partial charge in [0.2, 0.25) is 0 Å². The van der Waals surface area contributed by atoms with Crippen molar-refractivity contribution in [3.63, 3.8) is 0 Å². The molecule has 29 heavy (non-hydrogen) atoms. The molecule has 0 bridgehead atoms. The largest absolute Gasteiger partial charge is 0.345 e. The van der Waals surface area contributed by atoms with Crippen LogP contribution in [0, 0.1) is 0 Å². The molecule has 0 N–H and O–H groups in total. The van der Waals surface area contributed by atoms with Crippen molar-refractivity contribution in [2.75, 3.05) is 14.1 Å². The summed E-state index contributed by atoms with van der Waals surface area (Å²) in [6, 6.07) is 13.5. The molecule has 0 aliphatic carbocycles. The number of aromatic nitrogens is 4. The van der Waals surface area contributed by atoms with Crippen LogP contribution in [0.2, 0.25) is 0 Å². The third-order valence-corrected chi connectivity index (χ3v) is 4.76. The van der Waals surface area contributed by atoms with Gasteiger partial charge in [-0.25, -0.2) is 15.0 Å². The maximum Gasteiger partial charge on any atom is 0.254 e. The molecule has 1 amide bonds. The lowest BCUT2D eigenvalue weighted by Gasteiger charge is -2.14. The molecular weight excluding hydrogens is 362 g/mol. The van der Waals surface area contributed by atoms with Crippen molar-refractivity contribution in [1.82, 2.24) is 24.8 Å². The van der Waals surface area contributed by atoms with Gasteiger partial charge >= 0.3 is 0 Å². The van der Waals surface area contributed by atoms with Crippen LogP contribution in [0.4, 0.5) is 0 Å². The van der Waals surface area contributed by atoms with Gasteiger partial charge in [-0.1, -0.05) is 19.1 Å². The Morgan fingerprint density at radius 2 is 1.76 bits per heavy atom. The molecule has 6 heteroatoms. The molecule has 0 radical (unpaired) electrons. The first-order valence-corrected chi connectivity index (χ1v) is 9.46. The van der Waals surface area contributed by atoms with Crippen LogP contribution >= 0.6 is 0 Å². The van der Waals surface area contributed by atoms with Gasteiger partial charge in [0.15, 0.2) is 5.82 Å². The average Bonchev–Trinajstić information content (AvgIpc) is 2.78. The molecule has 1 aromatic carbocycles. The molecule has 0 aliphatic heterocycles. The monoisotopic (exact) mass is 383 g/mol. The minimum absolute atomic E-state index is 0.0575. The third-order valence-electron chi connectivity index (χ3n) is 4.76. The third kappa shape index (κ3) is 3.69. The predicted molar refractivity (Wildman–Crippen MR) is 113 cm³/mol. The van der Waals surface area contributed by atoms with E-state index in [4.69, 9.17) is 4.98 Å². The Balaban J connectivity index is 1.82. The number of rotatable bonds is 4. The van der Waals surface area contributed by atoms with Crippen molar-refractivity contribution in [1.29, 1.82) is 0 Å². The first kappa shape index (κ1) is 18.7. The summed E-state index contributed by atoms with van der Waals surface area (Å²) in [5.74, 6) is 0.491. The molecule has 0 fully saturated rings. The Labute approximate surface area is 169 Å². The number of pyridine rings is 2. The minimum Gasteiger partial charge on any atom is -0.345 e. The molecule has 0 atom stereocenters. The fourth-order valence-electron chi connectivity index (χ4n) is 3.15. The van der Waals surface area contributed by atoms with Crippen LogP contribution in [-0.2, 0) is 6.42 Å². The Hall–Kier alpha value is -3.67. The summed E-state index contributed by atoms with van der Waals surface area (Å²) in [4.78, 5) is 32.3. The maximum atomic E-state index is 12.8. The lowest BCUT2D eigenvalue weighted by Crippen LogP contribution is -2.22. The number of amides is 1. The highest BCUT2D eigenvalue weighted by Crippen LogP contribution is 2.26. The van der Waals surface area contributed by atoms with Crippen molar-refractivity contribution in [2.24, 2.45) is 0 Å². The van der Waals surface area contributed by atoms with Gasteiger partial charge < -0.3 is 4.90 Å². The summed E-state index contributed by atoms with van der Waals surface area (Å²) in [6.45, 7) is 2.09. The number of aryl methyl sites for hydroxylation is 1. The van der Waals surface area contributed by atoms with Crippen LogP contribution in [0.3, 0.4) is 0 Å². The van der Waals surface area contributed by atoms with Gasteiger partial charge in [0.05, 0.1) is 16.8 Å². The van der Waals surface area contributed by atoms with Crippen LogP contribution in [0.15, 0.2) is 61.1 Å². The topological polar surface area (TPSA) is 71.9 Å². The van der Waals surface area contributed by atoms with E-state index in [9.17, 15) is 4.79 Å². The van der Waals surface area contributed by atoms with E-state index in [1.165, 1.54) is 5.56 Å². The summed E-state index contributed by atoms with van der Waals surface area (Å²) in [5, 5.41) is 0.859. The number of benzene rings is 1. The zero-order valence-electron chi connectivity index (χ0n) is 16.6. The van der Waals surface area contributed by atoms with Gasteiger partial charge in [-0.2, -0.15) is 0 Å². The van der Waals surface area contributed by atoms with Crippen molar-refractivity contribution >= 4 is 16.8 Å². The highest BCUT2D eigenvalue weighted by molar-refractivity contribution is 6.07. The maximum absolute atomic E-state index is 12.8. The first-order valence-electron chi connectivity index (χ1n) is 9.46. The summed E-state index contributed by atoms with van der Waals surface area (Å²) >= 11 is 0. The fraction of sp³-hybridized carbons (Fsp3) is 0.174. The number of hydrogen-bond donors (Lipinski definition) is 0. The van der Waals surface area contributed by atoms with Gasteiger partial charge in [-0.15, -0.1) is 0 Å². The second kappa shape index (κ2) is 7.75. The first-order chi connectivity index (χ1) is 14.1. The van der Waals surface area contributed by atoms with E-state index in [-0.39, 0.29) is 5.91 Å². The van der Waals surface area contributed by atoms with E-state index in [0.717, 1.165) is 22.9 Å². The lowest BCUT2D eigenvalue weighted by atomic mass is 10.0. The Morgan fingerprint density at radius 1 is 0.966 bits per heavy atom. The van der Waals surface area contributed by atoms with Crippen LogP contribution in [0.25, 0.3) is 33.7 Å². The summed E-state index contributed by atoms with van der Waals surface area (Å²) in [6.07, 6.45) is 6.04. The SMILES string of the molecule is CCc1ccc2nc(-c3cnc(-c4ccccn4)nc3)cc(C(=O)N(C)C)c2c1. The van der Waals surface area contributed by atoms with Crippen LogP contribution < -0.4 is 0 Å². The van der Waals surface area contributed by atoms with Crippen LogP contribution in [0.1, 0.15) is 22.8 Å². The molecule has 144 valence electrons. The van der Waals surface area contributed by atoms with Gasteiger partial charge in [-0.3, -0.25) is 9.78 Å².